The number of carboxylic acids is 1. The number of nitrogens with one attached hydrogen (secondary N) is 1. The molecule has 0 amide bonds. The van der Waals surface area contributed by atoms with Gasteiger partial charge < -0.3 is 10.4 Å². The van der Waals surface area contributed by atoms with Crippen LogP contribution in [-0.2, 0) is 11.3 Å². The first kappa shape index (κ1) is 13.1. The van der Waals surface area contributed by atoms with E-state index >= 15 is 0 Å². The molecule has 2 N–H and O–H groups in total. The van der Waals surface area contributed by atoms with Crippen molar-refractivity contribution in [2.24, 2.45) is 0 Å². The lowest BCUT2D eigenvalue weighted by molar-refractivity contribution is -0.147. The van der Waals surface area contributed by atoms with Gasteiger partial charge in [-0.15, -0.1) is 0 Å². The van der Waals surface area contributed by atoms with Gasteiger partial charge in [0, 0.05) is 13.1 Å². The van der Waals surface area contributed by atoms with Crippen LogP contribution in [0.15, 0.2) is 30.3 Å². The van der Waals surface area contributed by atoms with Crippen LogP contribution in [0.4, 0.5) is 0 Å². The van der Waals surface area contributed by atoms with Crippen LogP contribution in [0.2, 0.25) is 0 Å². The van der Waals surface area contributed by atoms with Crippen molar-refractivity contribution in [2.45, 2.75) is 24.9 Å². The van der Waals surface area contributed by atoms with Crippen molar-refractivity contribution >= 4 is 5.97 Å². The number of hydrogen-bond acceptors (Lipinski definition) is 3. The molecule has 2 rings (SSSR count). The molecular formula is C14H20N2O2. The zero-order valence-corrected chi connectivity index (χ0v) is 10.7. The molecule has 1 atom stereocenters. The maximum absolute atomic E-state index is 11.4. The van der Waals surface area contributed by atoms with E-state index in [1.54, 1.807) is 7.05 Å². The second-order valence-corrected chi connectivity index (χ2v) is 4.94. The van der Waals surface area contributed by atoms with Crippen LogP contribution in [0.25, 0.3) is 0 Å². The Bertz CT molecular complexity index is 408. The lowest BCUT2D eigenvalue weighted by Gasteiger charge is -2.39. The van der Waals surface area contributed by atoms with Gasteiger partial charge in [-0.25, -0.2) is 0 Å². The van der Waals surface area contributed by atoms with Gasteiger partial charge in [0.15, 0.2) is 0 Å². The molecule has 0 bridgehead atoms. The number of likely N-dealkylation sites (N-methyl/N-ethyl adjacent to an activating group) is 1. The SMILES string of the molecule is CNC1(C(=O)O)CCCN(Cc2ccccc2)C1. The number of hydrogen-bond donors (Lipinski definition) is 2. The van der Waals surface area contributed by atoms with E-state index in [2.05, 4.69) is 22.3 Å². The van der Waals surface area contributed by atoms with E-state index < -0.39 is 11.5 Å². The van der Waals surface area contributed by atoms with E-state index in [-0.39, 0.29) is 0 Å². The van der Waals surface area contributed by atoms with E-state index in [4.69, 9.17) is 0 Å². The molecule has 1 fully saturated rings. The van der Waals surface area contributed by atoms with Gasteiger partial charge in [0.2, 0.25) is 0 Å². The minimum atomic E-state index is -0.785. The van der Waals surface area contributed by atoms with Crippen molar-refractivity contribution in [2.75, 3.05) is 20.1 Å². The van der Waals surface area contributed by atoms with Crippen molar-refractivity contribution in [1.29, 1.82) is 0 Å². The molecule has 18 heavy (non-hydrogen) atoms. The summed E-state index contributed by atoms with van der Waals surface area (Å²) in [5.74, 6) is -0.747. The van der Waals surface area contributed by atoms with Gasteiger partial charge in [-0.2, -0.15) is 0 Å². The first-order valence-corrected chi connectivity index (χ1v) is 6.35. The predicted molar refractivity (Wildman–Crippen MR) is 70.4 cm³/mol. The second kappa shape index (κ2) is 5.50. The Hall–Kier alpha value is -1.39. The number of piperidine rings is 1. The van der Waals surface area contributed by atoms with E-state index in [0.29, 0.717) is 13.0 Å². The molecule has 0 saturated carbocycles. The van der Waals surface area contributed by atoms with Gasteiger partial charge in [-0.1, -0.05) is 30.3 Å². The largest absolute Gasteiger partial charge is 0.480 e. The molecule has 4 nitrogen and oxygen atoms in total. The molecule has 1 aliphatic rings. The van der Waals surface area contributed by atoms with Gasteiger partial charge in [0.1, 0.15) is 5.54 Å². The Kier molecular flexibility index (Phi) is 3.99. The summed E-state index contributed by atoms with van der Waals surface area (Å²) in [4.78, 5) is 13.6. The Balaban J connectivity index is 2.05. The van der Waals surface area contributed by atoms with Crippen LogP contribution >= 0.6 is 0 Å². The summed E-state index contributed by atoms with van der Waals surface area (Å²) in [5, 5.41) is 12.4. The highest BCUT2D eigenvalue weighted by Crippen LogP contribution is 2.22. The average molecular weight is 248 g/mol. The first-order chi connectivity index (χ1) is 8.66. The van der Waals surface area contributed by atoms with Gasteiger partial charge in [0.05, 0.1) is 0 Å². The fourth-order valence-electron chi connectivity index (χ4n) is 2.61. The summed E-state index contributed by atoms with van der Waals surface area (Å²) in [6, 6.07) is 10.2. The Morgan fingerprint density at radius 1 is 1.44 bits per heavy atom. The van der Waals surface area contributed by atoms with Crippen LogP contribution in [-0.4, -0.2) is 41.7 Å². The Morgan fingerprint density at radius 3 is 2.78 bits per heavy atom. The maximum atomic E-state index is 11.4. The van der Waals surface area contributed by atoms with Crippen LogP contribution in [0.5, 0.6) is 0 Å². The molecule has 1 saturated heterocycles. The highest BCUT2D eigenvalue weighted by atomic mass is 16.4. The molecule has 0 spiro atoms. The topological polar surface area (TPSA) is 52.6 Å². The summed E-state index contributed by atoms with van der Waals surface area (Å²) >= 11 is 0. The normalized spacial score (nSPS) is 24.9. The third kappa shape index (κ3) is 2.71. The van der Waals surface area contributed by atoms with Crippen molar-refractivity contribution in [3.05, 3.63) is 35.9 Å². The van der Waals surface area contributed by atoms with Crippen molar-refractivity contribution in [3.8, 4) is 0 Å². The molecule has 1 heterocycles. The zero-order chi connectivity index (χ0) is 13.0. The van der Waals surface area contributed by atoms with Crippen LogP contribution in [0.1, 0.15) is 18.4 Å². The van der Waals surface area contributed by atoms with Crippen molar-refractivity contribution in [3.63, 3.8) is 0 Å². The standard InChI is InChI=1S/C14H20N2O2/c1-15-14(13(17)18)8-5-9-16(11-14)10-12-6-3-2-4-7-12/h2-4,6-7,15H,5,8-11H2,1H3,(H,17,18). The molecule has 0 radical (unpaired) electrons. The lowest BCUT2D eigenvalue weighted by atomic mass is 9.89. The molecule has 1 unspecified atom stereocenters. The van der Waals surface area contributed by atoms with E-state index in [0.717, 1.165) is 19.5 Å². The van der Waals surface area contributed by atoms with Crippen LogP contribution < -0.4 is 5.32 Å². The fourth-order valence-corrected chi connectivity index (χ4v) is 2.61. The number of likely N-dealkylation sites (tertiary alicyclic amines) is 1. The number of carboxylic acid groups (broad SMARTS) is 1. The Morgan fingerprint density at radius 2 is 2.17 bits per heavy atom. The number of benzene rings is 1. The van der Waals surface area contributed by atoms with Crippen LogP contribution in [0.3, 0.4) is 0 Å². The van der Waals surface area contributed by atoms with Gasteiger partial charge in [-0.3, -0.25) is 9.69 Å². The molecular weight excluding hydrogens is 228 g/mol. The quantitative estimate of drug-likeness (QED) is 0.844. The minimum absolute atomic E-state index is 0.563. The zero-order valence-electron chi connectivity index (χ0n) is 10.7. The van der Waals surface area contributed by atoms with E-state index in [1.807, 2.05) is 18.2 Å². The summed E-state index contributed by atoms with van der Waals surface area (Å²) < 4.78 is 0. The van der Waals surface area contributed by atoms with Crippen molar-refractivity contribution < 1.29 is 9.90 Å². The third-order valence-electron chi connectivity index (χ3n) is 3.71. The summed E-state index contributed by atoms with van der Waals surface area (Å²) in [6.07, 6.45) is 1.62. The minimum Gasteiger partial charge on any atom is -0.480 e. The van der Waals surface area contributed by atoms with E-state index in [1.165, 1.54) is 5.56 Å². The second-order valence-electron chi connectivity index (χ2n) is 4.94. The predicted octanol–water partition coefficient (Wildman–Crippen LogP) is 1.33. The third-order valence-corrected chi connectivity index (χ3v) is 3.71. The number of nitrogens with zero attached hydrogens (tertiary/aromatic N) is 1. The Labute approximate surface area is 108 Å². The number of rotatable bonds is 4. The smallest absolute Gasteiger partial charge is 0.325 e. The summed E-state index contributed by atoms with van der Waals surface area (Å²) in [7, 11) is 1.74. The average Bonchev–Trinajstić information content (AvgIpc) is 2.40. The van der Waals surface area contributed by atoms with Gasteiger partial charge in [-0.05, 0) is 32.0 Å². The number of aliphatic carboxylic acids is 1. The fraction of sp³-hybridized carbons (Fsp3) is 0.500. The van der Waals surface area contributed by atoms with E-state index in [9.17, 15) is 9.90 Å². The molecule has 0 aromatic heterocycles. The highest BCUT2D eigenvalue weighted by molar-refractivity contribution is 5.79. The maximum Gasteiger partial charge on any atom is 0.325 e. The molecule has 1 aromatic carbocycles. The molecule has 1 aromatic rings. The van der Waals surface area contributed by atoms with Gasteiger partial charge >= 0.3 is 5.97 Å². The summed E-state index contributed by atoms with van der Waals surface area (Å²) in [6.45, 7) is 2.34. The summed E-state index contributed by atoms with van der Waals surface area (Å²) in [5.41, 5.74) is 0.447. The first-order valence-electron chi connectivity index (χ1n) is 6.35. The molecule has 4 heteroatoms. The monoisotopic (exact) mass is 248 g/mol. The lowest BCUT2D eigenvalue weighted by Crippen LogP contribution is -2.60. The molecule has 98 valence electrons. The van der Waals surface area contributed by atoms with Gasteiger partial charge in [0.25, 0.3) is 0 Å². The molecule has 1 aliphatic heterocycles. The molecule has 0 aliphatic carbocycles. The highest BCUT2D eigenvalue weighted by Gasteiger charge is 2.40. The van der Waals surface area contributed by atoms with Crippen molar-refractivity contribution in [1.82, 2.24) is 10.2 Å². The van der Waals surface area contributed by atoms with Crippen LogP contribution in [0, 0.1) is 0 Å². The number of carbonyl (C=O) groups is 1.